The molecule has 0 bridgehead atoms. The van der Waals surface area contributed by atoms with Crippen LogP contribution in [0.3, 0.4) is 0 Å². The van der Waals surface area contributed by atoms with Crippen LogP contribution in [0.1, 0.15) is 35.4 Å². The molecule has 2 aromatic rings. The summed E-state index contributed by atoms with van der Waals surface area (Å²) in [4.78, 5) is 12.1. The normalized spacial score (nSPS) is 11.2. The van der Waals surface area contributed by atoms with E-state index in [2.05, 4.69) is 20.3 Å². The first-order valence-electron chi connectivity index (χ1n) is 6.68. The van der Waals surface area contributed by atoms with Gasteiger partial charge in [0.15, 0.2) is 0 Å². The second-order valence-corrected chi connectivity index (χ2v) is 5.66. The Balaban J connectivity index is 1.91. The fourth-order valence-corrected chi connectivity index (χ4v) is 2.64. The SMILES string of the molecule is CC(C)n1cnnc1CCNC(=O)c1sccc1OC(F)F. The van der Waals surface area contributed by atoms with E-state index in [9.17, 15) is 13.6 Å². The molecule has 0 fully saturated rings. The van der Waals surface area contributed by atoms with Gasteiger partial charge in [-0.15, -0.1) is 21.5 Å². The highest BCUT2D eigenvalue weighted by molar-refractivity contribution is 7.12. The molecule has 0 saturated heterocycles. The average molecular weight is 330 g/mol. The molecule has 0 radical (unpaired) electrons. The molecule has 1 amide bonds. The Morgan fingerprint density at radius 3 is 2.95 bits per heavy atom. The fourth-order valence-electron chi connectivity index (χ4n) is 1.90. The van der Waals surface area contributed by atoms with Crippen molar-refractivity contribution in [3.05, 3.63) is 28.5 Å². The van der Waals surface area contributed by atoms with E-state index in [4.69, 9.17) is 0 Å². The largest absolute Gasteiger partial charge is 0.433 e. The minimum atomic E-state index is -2.95. The van der Waals surface area contributed by atoms with Crippen molar-refractivity contribution in [1.82, 2.24) is 20.1 Å². The maximum Gasteiger partial charge on any atom is 0.387 e. The van der Waals surface area contributed by atoms with Gasteiger partial charge in [-0.1, -0.05) is 0 Å². The number of nitrogens with one attached hydrogen (secondary N) is 1. The van der Waals surface area contributed by atoms with Gasteiger partial charge in [-0.05, 0) is 25.3 Å². The highest BCUT2D eigenvalue weighted by Crippen LogP contribution is 2.26. The summed E-state index contributed by atoms with van der Waals surface area (Å²) < 4.78 is 30.7. The van der Waals surface area contributed by atoms with Crippen LogP contribution in [0.4, 0.5) is 8.78 Å². The van der Waals surface area contributed by atoms with Crippen molar-refractivity contribution >= 4 is 17.2 Å². The van der Waals surface area contributed by atoms with E-state index in [-0.39, 0.29) is 16.7 Å². The van der Waals surface area contributed by atoms with Gasteiger partial charge in [0.05, 0.1) is 0 Å². The highest BCUT2D eigenvalue weighted by Gasteiger charge is 2.17. The molecule has 6 nitrogen and oxygen atoms in total. The van der Waals surface area contributed by atoms with E-state index in [1.165, 1.54) is 11.4 Å². The summed E-state index contributed by atoms with van der Waals surface area (Å²) in [6.45, 7) is 1.39. The second-order valence-electron chi connectivity index (χ2n) is 4.75. The lowest BCUT2D eigenvalue weighted by Gasteiger charge is -2.10. The van der Waals surface area contributed by atoms with Crippen molar-refractivity contribution in [2.75, 3.05) is 6.54 Å². The van der Waals surface area contributed by atoms with Gasteiger partial charge in [0.2, 0.25) is 0 Å². The van der Waals surface area contributed by atoms with Crippen molar-refractivity contribution in [1.29, 1.82) is 0 Å². The first kappa shape index (κ1) is 16.3. The number of rotatable bonds is 7. The Bertz CT molecular complexity index is 627. The first-order valence-corrected chi connectivity index (χ1v) is 7.56. The maximum absolute atomic E-state index is 12.2. The summed E-state index contributed by atoms with van der Waals surface area (Å²) in [7, 11) is 0. The Morgan fingerprint density at radius 2 is 2.27 bits per heavy atom. The monoisotopic (exact) mass is 330 g/mol. The summed E-state index contributed by atoms with van der Waals surface area (Å²) >= 11 is 1.05. The Labute approximate surface area is 130 Å². The van der Waals surface area contributed by atoms with Gasteiger partial charge >= 0.3 is 6.61 Å². The third kappa shape index (κ3) is 4.00. The predicted octanol–water partition coefficient (Wildman–Crippen LogP) is 2.49. The Morgan fingerprint density at radius 1 is 1.50 bits per heavy atom. The number of aromatic nitrogens is 3. The van der Waals surface area contributed by atoms with Crippen molar-refractivity contribution in [2.45, 2.75) is 32.9 Å². The van der Waals surface area contributed by atoms with Gasteiger partial charge < -0.3 is 14.6 Å². The van der Waals surface area contributed by atoms with Crippen molar-refractivity contribution in [3.8, 4) is 5.75 Å². The quantitative estimate of drug-likeness (QED) is 0.847. The molecule has 0 atom stereocenters. The number of thiophene rings is 1. The third-order valence-corrected chi connectivity index (χ3v) is 3.78. The molecule has 2 heterocycles. The van der Waals surface area contributed by atoms with Gasteiger partial charge in [0, 0.05) is 19.0 Å². The van der Waals surface area contributed by atoms with Crippen LogP contribution >= 0.6 is 11.3 Å². The van der Waals surface area contributed by atoms with Crippen molar-refractivity contribution in [2.24, 2.45) is 0 Å². The average Bonchev–Trinajstić information content (AvgIpc) is 3.06. The molecule has 9 heteroatoms. The third-order valence-electron chi connectivity index (χ3n) is 2.89. The molecule has 22 heavy (non-hydrogen) atoms. The lowest BCUT2D eigenvalue weighted by molar-refractivity contribution is -0.0498. The predicted molar refractivity (Wildman–Crippen MR) is 77.4 cm³/mol. The lowest BCUT2D eigenvalue weighted by atomic mass is 10.3. The zero-order valence-corrected chi connectivity index (χ0v) is 12.9. The van der Waals surface area contributed by atoms with Gasteiger partial charge in [-0.2, -0.15) is 8.78 Å². The van der Waals surface area contributed by atoms with Gasteiger partial charge in [0.1, 0.15) is 22.8 Å². The molecular formula is C13H16F2N4O2S. The second kappa shape index (κ2) is 7.30. The molecule has 2 aromatic heterocycles. The van der Waals surface area contributed by atoms with Crippen LogP contribution in [0, 0.1) is 0 Å². The molecule has 2 rings (SSSR count). The lowest BCUT2D eigenvalue weighted by Crippen LogP contribution is -2.26. The van der Waals surface area contributed by atoms with Crippen LogP contribution in [0.15, 0.2) is 17.8 Å². The zero-order chi connectivity index (χ0) is 16.1. The zero-order valence-electron chi connectivity index (χ0n) is 12.1. The summed E-state index contributed by atoms with van der Waals surface area (Å²) in [6, 6.07) is 1.57. The number of amides is 1. The molecule has 120 valence electrons. The summed E-state index contributed by atoms with van der Waals surface area (Å²) in [5, 5.41) is 12.0. The van der Waals surface area contributed by atoms with E-state index >= 15 is 0 Å². The molecular weight excluding hydrogens is 314 g/mol. The molecule has 0 aromatic carbocycles. The van der Waals surface area contributed by atoms with Crippen LogP contribution in [0.5, 0.6) is 5.75 Å². The fraction of sp³-hybridized carbons (Fsp3) is 0.462. The number of nitrogens with zero attached hydrogens (tertiary/aromatic N) is 3. The number of alkyl halides is 2. The Hall–Kier alpha value is -2.03. The number of ether oxygens (including phenoxy) is 1. The molecule has 0 unspecified atom stereocenters. The van der Waals surface area contributed by atoms with E-state index < -0.39 is 12.5 Å². The summed E-state index contributed by atoms with van der Waals surface area (Å²) in [5.41, 5.74) is 0. The Kier molecular flexibility index (Phi) is 5.42. The van der Waals surface area contributed by atoms with Gasteiger partial charge in [0.25, 0.3) is 5.91 Å². The van der Waals surface area contributed by atoms with Crippen LogP contribution in [0.25, 0.3) is 0 Å². The van der Waals surface area contributed by atoms with Crippen LogP contribution in [0.2, 0.25) is 0 Å². The van der Waals surface area contributed by atoms with Crippen molar-refractivity contribution < 1.29 is 18.3 Å². The highest BCUT2D eigenvalue weighted by atomic mass is 32.1. The number of hydrogen-bond donors (Lipinski definition) is 1. The summed E-state index contributed by atoms with van der Waals surface area (Å²) in [5.74, 6) is 0.203. The minimum absolute atomic E-state index is 0.108. The molecule has 0 spiro atoms. The number of halogens is 2. The topological polar surface area (TPSA) is 69.0 Å². The molecule has 0 saturated carbocycles. The minimum Gasteiger partial charge on any atom is -0.433 e. The number of carbonyl (C=O) groups is 1. The molecule has 0 aliphatic heterocycles. The van der Waals surface area contributed by atoms with Crippen molar-refractivity contribution in [3.63, 3.8) is 0 Å². The van der Waals surface area contributed by atoms with Crippen LogP contribution in [-0.2, 0) is 6.42 Å². The van der Waals surface area contributed by atoms with E-state index in [1.807, 2.05) is 18.4 Å². The maximum atomic E-state index is 12.2. The molecule has 0 aliphatic rings. The smallest absolute Gasteiger partial charge is 0.387 e. The summed E-state index contributed by atoms with van der Waals surface area (Å²) in [6.07, 6.45) is 2.13. The standard InChI is InChI=1S/C13H16F2N4O2S/c1-8(2)19-7-17-18-10(19)3-5-16-12(20)11-9(4-6-22-11)21-13(14)15/h4,6-8,13H,3,5H2,1-2H3,(H,16,20). The van der Waals surface area contributed by atoms with Crippen LogP contribution in [-0.4, -0.2) is 33.8 Å². The van der Waals surface area contributed by atoms with Gasteiger partial charge in [-0.3, -0.25) is 4.79 Å². The van der Waals surface area contributed by atoms with Crippen LogP contribution < -0.4 is 10.1 Å². The van der Waals surface area contributed by atoms with E-state index in [1.54, 1.807) is 6.33 Å². The molecule has 0 aliphatic carbocycles. The van der Waals surface area contributed by atoms with E-state index in [0.29, 0.717) is 13.0 Å². The van der Waals surface area contributed by atoms with Gasteiger partial charge in [-0.25, -0.2) is 0 Å². The number of hydrogen-bond acceptors (Lipinski definition) is 5. The molecule has 1 N–H and O–H groups in total. The first-order chi connectivity index (χ1) is 10.5. The van der Waals surface area contributed by atoms with E-state index in [0.717, 1.165) is 17.2 Å². The number of carbonyl (C=O) groups excluding carboxylic acids is 1.